The van der Waals surface area contributed by atoms with Gasteiger partial charge in [0, 0.05) is 11.6 Å². The Bertz CT molecular complexity index is 888. The number of carbonyl (C=O) groups excluding carboxylic acids is 1. The van der Waals surface area contributed by atoms with Crippen molar-refractivity contribution in [2.45, 2.75) is 36.8 Å². The minimum Gasteiger partial charge on any atom is -0.449 e. The van der Waals surface area contributed by atoms with E-state index in [9.17, 15) is 13.2 Å². The molecule has 0 saturated carbocycles. The Morgan fingerprint density at radius 3 is 2.56 bits per heavy atom. The smallest absolute Gasteiger partial charge is 0.411 e. The van der Waals surface area contributed by atoms with Gasteiger partial charge in [-0.1, -0.05) is 36.8 Å². The number of hydrogen-bond acceptors (Lipinski definition) is 4. The SMILES string of the molecule is CCC1COC(=O)Nc2ccc(CS(=O)(=O)c3ccc(C)cc3)cc21. The molecule has 3 rings (SSSR count). The van der Waals surface area contributed by atoms with Crippen molar-refractivity contribution in [2.24, 2.45) is 0 Å². The van der Waals surface area contributed by atoms with Gasteiger partial charge in [-0.05, 0) is 42.7 Å². The lowest BCUT2D eigenvalue weighted by Gasteiger charge is -2.15. The van der Waals surface area contributed by atoms with Crippen LogP contribution >= 0.6 is 0 Å². The van der Waals surface area contributed by atoms with E-state index in [2.05, 4.69) is 5.32 Å². The summed E-state index contributed by atoms with van der Waals surface area (Å²) in [7, 11) is -3.42. The second-order valence-electron chi connectivity index (χ2n) is 6.32. The molecule has 6 heteroatoms. The molecule has 0 saturated heterocycles. The third-order valence-corrected chi connectivity index (χ3v) is 6.14. The number of anilines is 1. The van der Waals surface area contributed by atoms with Gasteiger partial charge in [0.25, 0.3) is 0 Å². The molecule has 0 aliphatic carbocycles. The second-order valence-corrected chi connectivity index (χ2v) is 8.31. The van der Waals surface area contributed by atoms with Crippen LogP contribution in [0.2, 0.25) is 0 Å². The highest BCUT2D eigenvalue weighted by Gasteiger charge is 2.23. The van der Waals surface area contributed by atoms with Gasteiger partial charge in [0.1, 0.15) is 6.61 Å². The van der Waals surface area contributed by atoms with Gasteiger partial charge in [0.2, 0.25) is 0 Å². The molecule has 1 N–H and O–H groups in total. The van der Waals surface area contributed by atoms with Gasteiger partial charge < -0.3 is 4.74 Å². The number of nitrogens with one attached hydrogen (secondary N) is 1. The van der Waals surface area contributed by atoms with Crippen molar-refractivity contribution in [1.29, 1.82) is 0 Å². The van der Waals surface area contributed by atoms with Crippen LogP contribution in [-0.2, 0) is 20.3 Å². The molecule has 0 aromatic heterocycles. The van der Waals surface area contributed by atoms with E-state index in [1.165, 1.54) is 0 Å². The Morgan fingerprint density at radius 2 is 1.88 bits per heavy atom. The number of rotatable bonds is 4. The van der Waals surface area contributed by atoms with E-state index in [1.807, 2.05) is 19.9 Å². The van der Waals surface area contributed by atoms with Crippen LogP contribution in [0.4, 0.5) is 10.5 Å². The molecule has 132 valence electrons. The van der Waals surface area contributed by atoms with Crippen molar-refractivity contribution < 1.29 is 17.9 Å². The number of fused-ring (bicyclic) bond motifs is 1. The van der Waals surface area contributed by atoms with E-state index in [0.717, 1.165) is 17.5 Å². The minimum absolute atomic E-state index is 0.0518. The number of sulfone groups is 1. The van der Waals surface area contributed by atoms with Crippen LogP contribution < -0.4 is 5.32 Å². The molecule has 1 heterocycles. The number of hydrogen-bond donors (Lipinski definition) is 1. The van der Waals surface area contributed by atoms with Crippen LogP contribution in [0.1, 0.15) is 36.0 Å². The zero-order valence-corrected chi connectivity index (χ0v) is 15.1. The van der Waals surface area contributed by atoms with Gasteiger partial charge in [-0.15, -0.1) is 0 Å². The molecule has 1 aliphatic heterocycles. The van der Waals surface area contributed by atoms with E-state index in [1.54, 1.807) is 36.4 Å². The molecule has 1 aliphatic rings. The molecule has 1 unspecified atom stereocenters. The molecule has 25 heavy (non-hydrogen) atoms. The predicted octanol–water partition coefficient (Wildman–Crippen LogP) is 4.02. The first-order valence-corrected chi connectivity index (χ1v) is 9.90. The molecule has 0 bridgehead atoms. The van der Waals surface area contributed by atoms with Crippen LogP contribution in [0.5, 0.6) is 0 Å². The maximum atomic E-state index is 12.7. The molecule has 2 aromatic carbocycles. The van der Waals surface area contributed by atoms with E-state index >= 15 is 0 Å². The topological polar surface area (TPSA) is 72.5 Å². The van der Waals surface area contributed by atoms with Crippen molar-refractivity contribution in [3.63, 3.8) is 0 Å². The summed E-state index contributed by atoms with van der Waals surface area (Å²) in [4.78, 5) is 11.9. The molecular weight excluding hydrogens is 338 g/mol. The fraction of sp³-hybridized carbons (Fsp3) is 0.316. The zero-order valence-electron chi connectivity index (χ0n) is 14.3. The fourth-order valence-corrected chi connectivity index (χ4v) is 4.29. The van der Waals surface area contributed by atoms with Crippen LogP contribution in [0.25, 0.3) is 0 Å². The molecule has 0 fully saturated rings. The molecule has 0 spiro atoms. The molecule has 1 amide bonds. The average Bonchev–Trinajstić information content (AvgIpc) is 2.73. The summed E-state index contributed by atoms with van der Waals surface area (Å²) in [5, 5.41) is 2.70. The summed E-state index contributed by atoms with van der Waals surface area (Å²) in [5.74, 6) is -0.0230. The third-order valence-electron chi connectivity index (χ3n) is 4.44. The number of amides is 1. The second kappa shape index (κ2) is 6.88. The van der Waals surface area contributed by atoms with E-state index in [-0.39, 0.29) is 11.7 Å². The Kier molecular flexibility index (Phi) is 4.81. The van der Waals surface area contributed by atoms with Gasteiger partial charge in [-0.3, -0.25) is 5.32 Å². The lowest BCUT2D eigenvalue weighted by atomic mass is 9.94. The Hall–Kier alpha value is -2.34. The lowest BCUT2D eigenvalue weighted by Crippen LogP contribution is -2.12. The molecular formula is C19H21NO4S. The highest BCUT2D eigenvalue weighted by Crippen LogP contribution is 2.32. The number of carbonyl (C=O) groups is 1. The molecule has 1 atom stereocenters. The number of ether oxygens (including phenoxy) is 1. The van der Waals surface area contributed by atoms with Crippen LogP contribution in [0.15, 0.2) is 47.4 Å². The summed E-state index contributed by atoms with van der Waals surface area (Å²) in [6.07, 6.45) is 0.327. The standard InChI is InChI=1S/C19H21NO4S/c1-3-15-11-24-19(21)20-18-9-6-14(10-17(15)18)12-25(22,23)16-7-4-13(2)5-8-16/h4-10,15H,3,11-12H2,1-2H3,(H,20,21). The Morgan fingerprint density at radius 1 is 1.16 bits per heavy atom. The lowest BCUT2D eigenvalue weighted by molar-refractivity contribution is 0.155. The van der Waals surface area contributed by atoms with Crippen molar-refractivity contribution >= 4 is 21.6 Å². The Labute approximate surface area is 147 Å². The first-order valence-electron chi connectivity index (χ1n) is 8.25. The number of benzene rings is 2. The zero-order chi connectivity index (χ0) is 18.0. The summed E-state index contributed by atoms with van der Waals surface area (Å²) in [6, 6.07) is 12.2. The maximum Gasteiger partial charge on any atom is 0.411 e. The van der Waals surface area contributed by atoms with Gasteiger partial charge >= 0.3 is 6.09 Å². The predicted molar refractivity (Wildman–Crippen MR) is 96.5 cm³/mol. The van der Waals surface area contributed by atoms with E-state index in [0.29, 0.717) is 22.8 Å². The number of cyclic esters (lactones) is 1. The van der Waals surface area contributed by atoms with Crippen LogP contribution in [0.3, 0.4) is 0 Å². The van der Waals surface area contributed by atoms with Crippen LogP contribution in [-0.4, -0.2) is 21.1 Å². The van der Waals surface area contributed by atoms with E-state index < -0.39 is 15.9 Å². The number of aryl methyl sites for hydroxylation is 1. The van der Waals surface area contributed by atoms with Crippen molar-refractivity contribution in [3.8, 4) is 0 Å². The molecule has 2 aromatic rings. The van der Waals surface area contributed by atoms with Crippen molar-refractivity contribution in [3.05, 3.63) is 59.2 Å². The van der Waals surface area contributed by atoms with Gasteiger partial charge in [0.15, 0.2) is 9.84 Å². The summed E-state index contributed by atoms with van der Waals surface area (Å²) >= 11 is 0. The largest absolute Gasteiger partial charge is 0.449 e. The monoisotopic (exact) mass is 359 g/mol. The summed E-state index contributed by atoms with van der Waals surface area (Å²) in [5.41, 5.74) is 3.33. The first-order chi connectivity index (χ1) is 11.9. The van der Waals surface area contributed by atoms with Crippen molar-refractivity contribution in [1.82, 2.24) is 0 Å². The van der Waals surface area contributed by atoms with Gasteiger partial charge in [-0.25, -0.2) is 13.2 Å². The van der Waals surface area contributed by atoms with Gasteiger partial charge in [0.05, 0.1) is 10.6 Å². The third kappa shape index (κ3) is 3.85. The highest BCUT2D eigenvalue weighted by atomic mass is 32.2. The highest BCUT2D eigenvalue weighted by molar-refractivity contribution is 7.90. The van der Waals surface area contributed by atoms with E-state index in [4.69, 9.17) is 4.74 Å². The maximum absolute atomic E-state index is 12.7. The Balaban J connectivity index is 1.92. The van der Waals surface area contributed by atoms with Gasteiger partial charge in [-0.2, -0.15) is 0 Å². The molecule has 5 nitrogen and oxygen atoms in total. The fourth-order valence-electron chi connectivity index (χ4n) is 2.95. The normalized spacial score (nSPS) is 17.2. The quantitative estimate of drug-likeness (QED) is 0.895. The minimum atomic E-state index is -3.42. The van der Waals surface area contributed by atoms with Crippen LogP contribution in [0, 0.1) is 6.92 Å². The molecule has 0 radical (unpaired) electrons. The first kappa shape index (κ1) is 17.5. The average molecular weight is 359 g/mol. The summed E-state index contributed by atoms with van der Waals surface area (Å²) < 4.78 is 30.5. The summed E-state index contributed by atoms with van der Waals surface area (Å²) in [6.45, 7) is 4.23. The van der Waals surface area contributed by atoms with Crippen molar-refractivity contribution in [2.75, 3.05) is 11.9 Å².